The number of aromatic nitrogens is 1. The Kier molecular flexibility index (Phi) is 4.62. The first kappa shape index (κ1) is 16.4. The Labute approximate surface area is 149 Å². The minimum atomic E-state index is 0.256. The van der Waals surface area contributed by atoms with E-state index in [1.54, 1.807) is 0 Å². The van der Waals surface area contributed by atoms with Crippen LogP contribution in [0.25, 0.3) is 11.3 Å². The van der Waals surface area contributed by atoms with Crippen LogP contribution in [0.3, 0.4) is 0 Å². The van der Waals surface area contributed by atoms with Crippen molar-refractivity contribution in [2.75, 3.05) is 5.73 Å². The minimum absolute atomic E-state index is 0.256. The van der Waals surface area contributed by atoms with Gasteiger partial charge < -0.3 is 16.2 Å². The first-order valence-corrected chi connectivity index (χ1v) is 9.50. The standard InChI is InChI=1S/C21H27N3O/c22-14-5-3-6-15(13-14)25-20-12-11-17(16-7-1-2-8-18(16)20)19-9-4-10-21(23)24-19/h4,9-12,14-15H,1-3,5-8,13,22H2,(H2,23,24). The number of nitrogen functional groups attached to an aromatic ring is 1. The first-order valence-electron chi connectivity index (χ1n) is 9.50. The maximum absolute atomic E-state index is 6.41. The highest BCUT2D eigenvalue weighted by Crippen LogP contribution is 2.38. The molecule has 4 nitrogen and oxygen atoms in total. The number of anilines is 1. The van der Waals surface area contributed by atoms with Crippen LogP contribution in [0.5, 0.6) is 5.75 Å². The Morgan fingerprint density at radius 3 is 2.60 bits per heavy atom. The van der Waals surface area contributed by atoms with Crippen LogP contribution in [0.2, 0.25) is 0 Å². The number of pyridine rings is 1. The number of nitrogens with two attached hydrogens (primary N) is 2. The van der Waals surface area contributed by atoms with Gasteiger partial charge in [-0.2, -0.15) is 0 Å². The lowest BCUT2D eigenvalue weighted by Crippen LogP contribution is -2.34. The highest BCUT2D eigenvalue weighted by atomic mass is 16.5. The molecule has 4 rings (SSSR count). The molecular formula is C21H27N3O. The quantitative estimate of drug-likeness (QED) is 0.892. The lowest BCUT2D eigenvalue weighted by molar-refractivity contribution is 0.143. The summed E-state index contributed by atoms with van der Waals surface area (Å²) in [5.41, 5.74) is 16.9. The molecule has 2 unspecified atom stereocenters. The van der Waals surface area contributed by atoms with E-state index in [2.05, 4.69) is 17.1 Å². The molecule has 0 bridgehead atoms. The fourth-order valence-corrected chi connectivity index (χ4v) is 4.25. The first-order chi connectivity index (χ1) is 12.2. The molecular weight excluding hydrogens is 310 g/mol. The third-order valence-electron chi connectivity index (χ3n) is 5.50. The predicted molar refractivity (Wildman–Crippen MR) is 102 cm³/mol. The largest absolute Gasteiger partial charge is 0.490 e. The summed E-state index contributed by atoms with van der Waals surface area (Å²) in [4.78, 5) is 4.53. The molecule has 0 aliphatic heterocycles. The maximum Gasteiger partial charge on any atom is 0.124 e. The topological polar surface area (TPSA) is 74.2 Å². The van der Waals surface area contributed by atoms with Crippen molar-refractivity contribution in [3.05, 3.63) is 41.5 Å². The van der Waals surface area contributed by atoms with Crippen LogP contribution in [-0.4, -0.2) is 17.1 Å². The smallest absolute Gasteiger partial charge is 0.124 e. The van der Waals surface area contributed by atoms with Crippen molar-refractivity contribution >= 4 is 5.82 Å². The molecule has 4 heteroatoms. The summed E-state index contributed by atoms with van der Waals surface area (Å²) in [6.45, 7) is 0. The fraction of sp³-hybridized carbons (Fsp3) is 0.476. The van der Waals surface area contributed by atoms with E-state index in [4.69, 9.17) is 16.2 Å². The second kappa shape index (κ2) is 7.04. The van der Waals surface area contributed by atoms with Gasteiger partial charge >= 0.3 is 0 Å². The maximum atomic E-state index is 6.41. The average molecular weight is 337 g/mol. The van der Waals surface area contributed by atoms with Crippen LogP contribution in [0.4, 0.5) is 5.82 Å². The number of hydrogen-bond acceptors (Lipinski definition) is 4. The Morgan fingerprint density at radius 1 is 0.960 bits per heavy atom. The number of nitrogens with zero attached hydrogens (tertiary/aromatic N) is 1. The van der Waals surface area contributed by atoms with Gasteiger partial charge in [-0.25, -0.2) is 4.98 Å². The molecule has 1 fully saturated rings. The summed E-state index contributed by atoms with van der Waals surface area (Å²) >= 11 is 0. The van der Waals surface area contributed by atoms with Gasteiger partial charge in [0.05, 0.1) is 5.69 Å². The van der Waals surface area contributed by atoms with E-state index in [-0.39, 0.29) is 12.1 Å². The second-order valence-electron chi connectivity index (χ2n) is 7.39. The molecule has 2 aliphatic rings. The summed E-state index contributed by atoms with van der Waals surface area (Å²) in [5, 5.41) is 0. The zero-order valence-corrected chi connectivity index (χ0v) is 14.7. The van der Waals surface area contributed by atoms with Crippen LogP contribution < -0.4 is 16.2 Å². The zero-order chi connectivity index (χ0) is 17.2. The summed E-state index contributed by atoms with van der Waals surface area (Å²) in [6, 6.07) is 10.4. The van der Waals surface area contributed by atoms with E-state index in [9.17, 15) is 0 Å². The molecule has 0 radical (unpaired) electrons. The molecule has 132 valence electrons. The van der Waals surface area contributed by atoms with Gasteiger partial charge in [-0.15, -0.1) is 0 Å². The molecule has 4 N–H and O–H groups in total. The van der Waals surface area contributed by atoms with Gasteiger partial charge in [-0.3, -0.25) is 0 Å². The van der Waals surface area contributed by atoms with Crippen molar-refractivity contribution in [1.82, 2.24) is 4.98 Å². The number of benzene rings is 1. The van der Waals surface area contributed by atoms with E-state index in [1.165, 1.54) is 36.0 Å². The predicted octanol–water partition coefficient (Wildman–Crippen LogP) is 3.86. The van der Waals surface area contributed by atoms with E-state index >= 15 is 0 Å². The zero-order valence-electron chi connectivity index (χ0n) is 14.7. The van der Waals surface area contributed by atoms with Crippen molar-refractivity contribution in [2.24, 2.45) is 5.73 Å². The lowest BCUT2D eigenvalue weighted by atomic mass is 9.86. The number of hydrogen-bond donors (Lipinski definition) is 2. The molecule has 1 aromatic carbocycles. The Balaban J connectivity index is 1.68. The number of rotatable bonds is 3. The number of ether oxygens (including phenoxy) is 1. The van der Waals surface area contributed by atoms with Crippen molar-refractivity contribution in [2.45, 2.75) is 63.5 Å². The molecule has 2 aliphatic carbocycles. The normalized spacial score (nSPS) is 23.1. The summed E-state index contributed by atoms with van der Waals surface area (Å²) in [6.07, 6.45) is 9.24. The van der Waals surface area contributed by atoms with Crippen LogP contribution in [-0.2, 0) is 12.8 Å². The van der Waals surface area contributed by atoms with Crippen molar-refractivity contribution in [1.29, 1.82) is 0 Å². The fourth-order valence-electron chi connectivity index (χ4n) is 4.25. The highest BCUT2D eigenvalue weighted by Gasteiger charge is 2.24. The lowest BCUT2D eigenvalue weighted by Gasteiger charge is -2.30. The van der Waals surface area contributed by atoms with E-state index < -0.39 is 0 Å². The van der Waals surface area contributed by atoms with Crippen LogP contribution in [0, 0.1) is 0 Å². The highest BCUT2D eigenvalue weighted by molar-refractivity contribution is 5.69. The Bertz CT molecular complexity index is 759. The van der Waals surface area contributed by atoms with Crippen molar-refractivity contribution in [3.63, 3.8) is 0 Å². The summed E-state index contributed by atoms with van der Waals surface area (Å²) in [7, 11) is 0. The summed E-state index contributed by atoms with van der Waals surface area (Å²) in [5.74, 6) is 1.63. The van der Waals surface area contributed by atoms with Gasteiger partial charge in [0.15, 0.2) is 0 Å². The SMILES string of the molecule is Nc1cccc(-c2ccc(OC3CCCC(N)C3)c3c2CCCC3)n1. The van der Waals surface area contributed by atoms with E-state index in [0.29, 0.717) is 5.82 Å². The van der Waals surface area contributed by atoms with Crippen LogP contribution >= 0.6 is 0 Å². The number of fused-ring (bicyclic) bond motifs is 1. The van der Waals surface area contributed by atoms with E-state index in [1.807, 2.05) is 18.2 Å². The molecule has 2 aromatic rings. The molecule has 25 heavy (non-hydrogen) atoms. The average Bonchev–Trinajstić information content (AvgIpc) is 2.62. The molecule has 1 aromatic heterocycles. The molecule has 1 heterocycles. The molecule has 2 atom stereocenters. The Hall–Kier alpha value is -2.07. The van der Waals surface area contributed by atoms with Crippen LogP contribution in [0.1, 0.15) is 49.7 Å². The van der Waals surface area contributed by atoms with Crippen LogP contribution in [0.15, 0.2) is 30.3 Å². The second-order valence-corrected chi connectivity index (χ2v) is 7.39. The van der Waals surface area contributed by atoms with Gasteiger partial charge in [-0.05, 0) is 86.8 Å². The van der Waals surface area contributed by atoms with Gasteiger partial charge in [0.25, 0.3) is 0 Å². The van der Waals surface area contributed by atoms with Gasteiger partial charge in [0.2, 0.25) is 0 Å². The third kappa shape index (κ3) is 3.49. The van der Waals surface area contributed by atoms with Gasteiger partial charge in [-0.1, -0.05) is 6.07 Å². The monoisotopic (exact) mass is 337 g/mol. The molecule has 0 spiro atoms. The third-order valence-corrected chi connectivity index (χ3v) is 5.50. The molecule has 0 saturated heterocycles. The molecule has 1 saturated carbocycles. The summed E-state index contributed by atoms with van der Waals surface area (Å²) < 4.78 is 6.41. The van der Waals surface area contributed by atoms with E-state index in [0.717, 1.165) is 43.5 Å². The van der Waals surface area contributed by atoms with Crippen molar-refractivity contribution in [3.8, 4) is 17.0 Å². The van der Waals surface area contributed by atoms with Gasteiger partial charge in [0, 0.05) is 11.6 Å². The minimum Gasteiger partial charge on any atom is -0.490 e. The van der Waals surface area contributed by atoms with Crippen molar-refractivity contribution < 1.29 is 4.74 Å². The molecule has 0 amide bonds. The van der Waals surface area contributed by atoms with Gasteiger partial charge in [0.1, 0.15) is 17.7 Å². The Morgan fingerprint density at radius 2 is 1.80 bits per heavy atom.